The summed E-state index contributed by atoms with van der Waals surface area (Å²) in [5.74, 6) is 0.815. The molecule has 0 nitrogen and oxygen atoms in total. The zero-order valence-electron chi connectivity index (χ0n) is 10.9. The van der Waals surface area contributed by atoms with E-state index in [2.05, 4.69) is 56.3 Å². The van der Waals surface area contributed by atoms with Crippen molar-refractivity contribution in [2.24, 2.45) is 5.92 Å². The van der Waals surface area contributed by atoms with Crippen LogP contribution >= 0.6 is 0 Å². The molecule has 1 aliphatic rings. The lowest BCUT2D eigenvalue weighted by atomic mass is 9.90. The van der Waals surface area contributed by atoms with Crippen LogP contribution < -0.4 is 0 Å². The Labute approximate surface area is 105 Å². The van der Waals surface area contributed by atoms with Gasteiger partial charge in [-0.1, -0.05) is 61.9 Å². The van der Waals surface area contributed by atoms with Gasteiger partial charge in [-0.3, -0.25) is 0 Å². The number of hydrogen-bond acceptors (Lipinski definition) is 0. The molecule has 0 unspecified atom stereocenters. The lowest BCUT2D eigenvalue weighted by Gasteiger charge is -2.15. The van der Waals surface area contributed by atoms with E-state index in [1.54, 1.807) is 5.57 Å². The summed E-state index contributed by atoms with van der Waals surface area (Å²) in [5.41, 5.74) is 4.49. The topological polar surface area (TPSA) is 0 Å². The second kappa shape index (κ2) is 5.86. The van der Waals surface area contributed by atoms with Crippen molar-refractivity contribution in [2.75, 3.05) is 0 Å². The van der Waals surface area contributed by atoms with Crippen LogP contribution in [0.15, 0.2) is 48.1 Å². The van der Waals surface area contributed by atoms with Gasteiger partial charge >= 0.3 is 0 Å². The van der Waals surface area contributed by atoms with Crippen LogP contribution in [0.5, 0.6) is 0 Å². The Bertz CT molecular complexity index is 407. The summed E-state index contributed by atoms with van der Waals surface area (Å²) in [6.07, 6.45) is 9.70. The first-order chi connectivity index (χ1) is 8.25. The second-order valence-electron chi connectivity index (χ2n) is 5.32. The predicted octanol–water partition coefficient (Wildman–Crippen LogP) is 5.23. The molecule has 0 bridgehead atoms. The third-order valence-electron chi connectivity index (χ3n) is 3.42. The maximum absolute atomic E-state index is 2.34. The number of allylic oxidation sites excluding steroid dienone is 4. The standard InChI is InChI=1S/C17H22/c1-14(2)8-9-15-10-12-17(13-11-15)16-6-4-3-5-7-16/h3-7,10,12,14H,8-9,11,13H2,1-2H3. The van der Waals surface area contributed by atoms with E-state index in [-0.39, 0.29) is 0 Å². The second-order valence-corrected chi connectivity index (χ2v) is 5.32. The minimum Gasteiger partial charge on any atom is -0.0699 e. The molecule has 0 atom stereocenters. The van der Waals surface area contributed by atoms with Crippen molar-refractivity contribution in [3.63, 3.8) is 0 Å². The molecule has 0 saturated heterocycles. The third-order valence-corrected chi connectivity index (χ3v) is 3.42. The molecule has 90 valence electrons. The molecule has 1 aromatic carbocycles. The van der Waals surface area contributed by atoms with Gasteiger partial charge in [0.15, 0.2) is 0 Å². The van der Waals surface area contributed by atoms with E-state index in [1.807, 2.05) is 0 Å². The third kappa shape index (κ3) is 3.59. The molecule has 0 radical (unpaired) electrons. The van der Waals surface area contributed by atoms with Gasteiger partial charge in [0.25, 0.3) is 0 Å². The SMILES string of the molecule is CC(C)CCC1=CC=C(c2ccccc2)CC1. The smallest absolute Gasteiger partial charge is 0.0224 e. The van der Waals surface area contributed by atoms with Gasteiger partial charge in [0.2, 0.25) is 0 Å². The van der Waals surface area contributed by atoms with Crippen molar-refractivity contribution in [2.45, 2.75) is 39.5 Å². The molecule has 0 aromatic heterocycles. The lowest BCUT2D eigenvalue weighted by molar-refractivity contribution is 0.577. The zero-order valence-corrected chi connectivity index (χ0v) is 10.9. The van der Waals surface area contributed by atoms with E-state index in [1.165, 1.54) is 36.8 Å². The van der Waals surface area contributed by atoms with Gasteiger partial charge in [-0.05, 0) is 42.7 Å². The van der Waals surface area contributed by atoms with Gasteiger partial charge in [-0.15, -0.1) is 0 Å². The predicted molar refractivity (Wildman–Crippen MR) is 75.8 cm³/mol. The Hall–Kier alpha value is -1.30. The molecule has 0 heteroatoms. The highest BCUT2D eigenvalue weighted by molar-refractivity contribution is 5.68. The molecule has 0 fully saturated rings. The van der Waals surface area contributed by atoms with Gasteiger partial charge in [0.05, 0.1) is 0 Å². The van der Waals surface area contributed by atoms with Gasteiger partial charge in [0.1, 0.15) is 0 Å². The van der Waals surface area contributed by atoms with Gasteiger partial charge in [0, 0.05) is 0 Å². The highest BCUT2D eigenvalue weighted by atomic mass is 14.1. The van der Waals surface area contributed by atoms with Crippen LogP contribution in [0, 0.1) is 5.92 Å². The van der Waals surface area contributed by atoms with Crippen LogP contribution in [0.4, 0.5) is 0 Å². The Morgan fingerprint density at radius 1 is 1.00 bits per heavy atom. The molecule has 1 aliphatic carbocycles. The first kappa shape index (κ1) is 12.2. The van der Waals surface area contributed by atoms with Crippen molar-refractivity contribution in [1.29, 1.82) is 0 Å². The Balaban J connectivity index is 2.01. The number of rotatable bonds is 4. The van der Waals surface area contributed by atoms with E-state index in [4.69, 9.17) is 0 Å². The van der Waals surface area contributed by atoms with Gasteiger partial charge in [-0.25, -0.2) is 0 Å². The fourth-order valence-corrected chi connectivity index (χ4v) is 2.26. The van der Waals surface area contributed by atoms with Crippen LogP contribution in [0.1, 0.15) is 45.1 Å². The quantitative estimate of drug-likeness (QED) is 0.659. The molecule has 2 rings (SSSR count). The average molecular weight is 226 g/mol. The fourth-order valence-electron chi connectivity index (χ4n) is 2.26. The molecular weight excluding hydrogens is 204 g/mol. The van der Waals surface area contributed by atoms with E-state index >= 15 is 0 Å². The van der Waals surface area contributed by atoms with E-state index < -0.39 is 0 Å². The van der Waals surface area contributed by atoms with Crippen molar-refractivity contribution in [1.82, 2.24) is 0 Å². The zero-order chi connectivity index (χ0) is 12.1. The van der Waals surface area contributed by atoms with Crippen LogP contribution in [-0.4, -0.2) is 0 Å². The summed E-state index contributed by atoms with van der Waals surface area (Å²) in [4.78, 5) is 0. The largest absolute Gasteiger partial charge is 0.0699 e. The summed E-state index contributed by atoms with van der Waals surface area (Å²) in [7, 11) is 0. The Morgan fingerprint density at radius 3 is 2.35 bits per heavy atom. The fraction of sp³-hybridized carbons (Fsp3) is 0.412. The van der Waals surface area contributed by atoms with Crippen molar-refractivity contribution in [3.05, 3.63) is 53.6 Å². The molecular formula is C17H22. The molecule has 0 spiro atoms. The highest BCUT2D eigenvalue weighted by Gasteiger charge is 2.08. The van der Waals surface area contributed by atoms with Crippen LogP contribution in [-0.2, 0) is 0 Å². The van der Waals surface area contributed by atoms with Crippen LogP contribution in [0.25, 0.3) is 5.57 Å². The van der Waals surface area contributed by atoms with Crippen LogP contribution in [0.2, 0.25) is 0 Å². The minimum absolute atomic E-state index is 0.815. The van der Waals surface area contributed by atoms with E-state index in [9.17, 15) is 0 Å². The van der Waals surface area contributed by atoms with Gasteiger partial charge < -0.3 is 0 Å². The maximum Gasteiger partial charge on any atom is -0.0224 e. The van der Waals surface area contributed by atoms with Gasteiger partial charge in [-0.2, -0.15) is 0 Å². The Morgan fingerprint density at radius 2 is 1.76 bits per heavy atom. The first-order valence-corrected chi connectivity index (χ1v) is 6.69. The van der Waals surface area contributed by atoms with Crippen molar-refractivity contribution in [3.8, 4) is 0 Å². The van der Waals surface area contributed by atoms with Crippen LogP contribution in [0.3, 0.4) is 0 Å². The number of hydrogen-bond donors (Lipinski definition) is 0. The van der Waals surface area contributed by atoms with Crippen molar-refractivity contribution >= 4 is 5.57 Å². The molecule has 17 heavy (non-hydrogen) atoms. The lowest BCUT2D eigenvalue weighted by Crippen LogP contribution is -1.96. The summed E-state index contributed by atoms with van der Waals surface area (Å²) < 4.78 is 0. The normalized spacial score (nSPS) is 15.7. The summed E-state index contributed by atoms with van der Waals surface area (Å²) >= 11 is 0. The highest BCUT2D eigenvalue weighted by Crippen LogP contribution is 2.28. The molecule has 0 aliphatic heterocycles. The number of benzene rings is 1. The summed E-state index contributed by atoms with van der Waals surface area (Å²) in [6.45, 7) is 4.60. The van der Waals surface area contributed by atoms with Crippen molar-refractivity contribution < 1.29 is 0 Å². The molecule has 0 saturated carbocycles. The maximum atomic E-state index is 2.34. The van der Waals surface area contributed by atoms with E-state index in [0.29, 0.717) is 0 Å². The van der Waals surface area contributed by atoms with E-state index in [0.717, 1.165) is 5.92 Å². The Kier molecular flexibility index (Phi) is 4.19. The summed E-state index contributed by atoms with van der Waals surface area (Å²) in [5, 5.41) is 0. The molecule has 0 amide bonds. The summed E-state index contributed by atoms with van der Waals surface area (Å²) in [6, 6.07) is 10.7. The molecule has 1 aromatic rings. The molecule has 0 heterocycles. The average Bonchev–Trinajstić information content (AvgIpc) is 2.38. The molecule has 0 N–H and O–H groups in total. The monoisotopic (exact) mass is 226 g/mol. The first-order valence-electron chi connectivity index (χ1n) is 6.69. The minimum atomic E-state index is 0.815.